The zero-order chi connectivity index (χ0) is 13.1. The fourth-order valence-corrected chi connectivity index (χ4v) is 2.29. The first-order chi connectivity index (χ1) is 8.58. The van der Waals surface area contributed by atoms with Crippen molar-refractivity contribution in [3.8, 4) is 0 Å². The number of aryl methyl sites for hydroxylation is 2. The Morgan fingerprint density at radius 2 is 2.00 bits per heavy atom. The monoisotopic (exact) mass is 260 g/mol. The number of halogens is 1. The van der Waals surface area contributed by atoms with Gasteiger partial charge in [-0.1, -0.05) is 35.4 Å². The third kappa shape index (κ3) is 2.82. The molecule has 0 aliphatic carbocycles. The first-order valence-corrected chi connectivity index (χ1v) is 6.33. The molecule has 2 aromatic rings. The minimum absolute atomic E-state index is 0.578. The molecular formula is C15H17ClN2. The summed E-state index contributed by atoms with van der Waals surface area (Å²) in [6.07, 6.45) is 1.71. The van der Waals surface area contributed by atoms with E-state index in [-0.39, 0.29) is 0 Å². The molecule has 3 heteroatoms. The third-order valence-electron chi connectivity index (χ3n) is 3.01. The van der Waals surface area contributed by atoms with Gasteiger partial charge >= 0.3 is 0 Å². The van der Waals surface area contributed by atoms with E-state index >= 15 is 0 Å². The lowest BCUT2D eigenvalue weighted by molar-refractivity contribution is 0.909. The van der Waals surface area contributed by atoms with Crippen LogP contribution in [0.15, 0.2) is 36.5 Å². The van der Waals surface area contributed by atoms with Crippen LogP contribution in [0.2, 0.25) is 5.15 Å². The summed E-state index contributed by atoms with van der Waals surface area (Å²) in [5.74, 6) is 0. The average Bonchev–Trinajstić information content (AvgIpc) is 2.32. The fourth-order valence-electron chi connectivity index (χ4n) is 2.11. The van der Waals surface area contributed by atoms with Gasteiger partial charge < -0.3 is 4.90 Å². The molecule has 0 saturated heterocycles. The Kier molecular flexibility index (Phi) is 3.87. The van der Waals surface area contributed by atoms with Crippen molar-refractivity contribution in [2.24, 2.45) is 0 Å². The van der Waals surface area contributed by atoms with E-state index in [4.69, 9.17) is 11.6 Å². The van der Waals surface area contributed by atoms with Crippen molar-refractivity contribution in [2.45, 2.75) is 20.4 Å². The number of aromatic nitrogens is 1. The van der Waals surface area contributed by atoms with E-state index in [1.165, 1.54) is 16.8 Å². The maximum absolute atomic E-state index is 6.08. The molecule has 0 N–H and O–H groups in total. The van der Waals surface area contributed by atoms with E-state index in [2.05, 4.69) is 49.0 Å². The highest BCUT2D eigenvalue weighted by molar-refractivity contribution is 6.30. The van der Waals surface area contributed by atoms with Crippen molar-refractivity contribution in [1.29, 1.82) is 0 Å². The topological polar surface area (TPSA) is 16.1 Å². The van der Waals surface area contributed by atoms with E-state index in [9.17, 15) is 0 Å². The maximum atomic E-state index is 6.08. The Morgan fingerprint density at radius 3 is 2.67 bits per heavy atom. The summed E-state index contributed by atoms with van der Waals surface area (Å²) in [7, 11) is 2.07. The van der Waals surface area contributed by atoms with Crippen LogP contribution in [0.5, 0.6) is 0 Å². The molecule has 0 atom stereocenters. The van der Waals surface area contributed by atoms with Crippen LogP contribution in [0.3, 0.4) is 0 Å². The van der Waals surface area contributed by atoms with E-state index in [1.54, 1.807) is 6.20 Å². The Labute approximate surface area is 113 Å². The highest BCUT2D eigenvalue weighted by Gasteiger charge is 2.08. The molecular weight excluding hydrogens is 244 g/mol. The molecule has 1 aromatic carbocycles. The predicted molar refractivity (Wildman–Crippen MR) is 77.3 cm³/mol. The van der Waals surface area contributed by atoms with Gasteiger partial charge in [0.1, 0.15) is 5.15 Å². The quantitative estimate of drug-likeness (QED) is 0.776. The smallest absolute Gasteiger partial charge is 0.133 e. The Balaban J connectivity index is 2.22. The van der Waals surface area contributed by atoms with Gasteiger partial charge in [-0.05, 0) is 31.5 Å². The molecule has 0 spiro atoms. The van der Waals surface area contributed by atoms with Gasteiger partial charge in [0.15, 0.2) is 0 Å². The van der Waals surface area contributed by atoms with Crippen LogP contribution in [0.25, 0.3) is 0 Å². The number of rotatable bonds is 3. The number of hydrogen-bond donors (Lipinski definition) is 0. The van der Waals surface area contributed by atoms with Gasteiger partial charge in [-0.15, -0.1) is 0 Å². The second kappa shape index (κ2) is 5.40. The lowest BCUT2D eigenvalue weighted by Crippen LogP contribution is -2.17. The van der Waals surface area contributed by atoms with E-state index < -0.39 is 0 Å². The molecule has 18 heavy (non-hydrogen) atoms. The number of benzene rings is 1. The van der Waals surface area contributed by atoms with Crippen LogP contribution in [-0.4, -0.2) is 12.0 Å². The van der Waals surface area contributed by atoms with Crippen LogP contribution in [0.1, 0.15) is 16.7 Å². The zero-order valence-corrected chi connectivity index (χ0v) is 11.7. The molecule has 0 bridgehead atoms. The molecule has 1 heterocycles. The molecule has 0 aliphatic heterocycles. The molecule has 0 amide bonds. The van der Waals surface area contributed by atoms with Crippen molar-refractivity contribution >= 4 is 17.3 Å². The maximum Gasteiger partial charge on any atom is 0.133 e. The Bertz CT molecular complexity index is 552. The molecule has 2 rings (SSSR count). The van der Waals surface area contributed by atoms with Crippen LogP contribution in [0, 0.1) is 13.8 Å². The molecule has 0 saturated carbocycles. The van der Waals surface area contributed by atoms with E-state index in [1.807, 2.05) is 12.1 Å². The van der Waals surface area contributed by atoms with Gasteiger partial charge in [-0.2, -0.15) is 0 Å². The molecule has 94 valence electrons. The van der Waals surface area contributed by atoms with Crippen molar-refractivity contribution < 1.29 is 0 Å². The fraction of sp³-hybridized carbons (Fsp3) is 0.267. The lowest BCUT2D eigenvalue weighted by atomic mass is 10.1. The summed E-state index contributed by atoms with van der Waals surface area (Å²) in [6.45, 7) is 5.00. The van der Waals surface area contributed by atoms with Crippen molar-refractivity contribution in [2.75, 3.05) is 11.9 Å². The van der Waals surface area contributed by atoms with Gasteiger partial charge in [0.25, 0.3) is 0 Å². The van der Waals surface area contributed by atoms with Gasteiger partial charge in [-0.25, -0.2) is 4.98 Å². The van der Waals surface area contributed by atoms with Crippen LogP contribution < -0.4 is 4.90 Å². The van der Waals surface area contributed by atoms with Crippen molar-refractivity contribution in [3.63, 3.8) is 0 Å². The Hall–Kier alpha value is -1.54. The summed E-state index contributed by atoms with van der Waals surface area (Å²) < 4.78 is 0. The van der Waals surface area contributed by atoms with Crippen LogP contribution in [-0.2, 0) is 6.54 Å². The third-order valence-corrected chi connectivity index (χ3v) is 3.35. The highest BCUT2D eigenvalue weighted by Crippen LogP contribution is 2.23. The van der Waals surface area contributed by atoms with Gasteiger partial charge in [0.2, 0.25) is 0 Å². The first-order valence-electron chi connectivity index (χ1n) is 5.95. The average molecular weight is 261 g/mol. The summed E-state index contributed by atoms with van der Waals surface area (Å²) >= 11 is 6.08. The molecule has 0 radical (unpaired) electrons. The van der Waals surface area contributed by atoms with Gasteiger partial charge in [0.05, 0.1) is 0 Å². The summed E-state index contributed by atoms with van der Waals surface area (Å²) in [5, 5.41) is 0.578. The zero-order valence-electron chi connectivity index (χ0n) is 10.9. The largest absolute Gasteiger partial charge is 0.370 e. The SMILES string of the molecule is Cc1ccc(N(C)Cc2cccnc2Cl)c(C)c1. The Morgan fingerprint density at radius 1 is 1.22 bits per heavy atom. The first kappa shape index (κ1) is 12.9. The van der Waals surface area contributed by atoms with Crippen molar-refractivity contribution in [3.05, 3.63) is 58.4 Å². The molecule has 2 nitrogen and oxygen atoms in total. The molecule has 0 fully saturated rings. The minimum atomic E-state index is 0.578. The summed E-state index contributed by atoms with van der Waals surface area (Å²) in [5.41, 5.74) is 4.82. The standard InChI is InChI=1S/C15H17ClN2/c1-11-6-7-14(12(2)9-11)18(3)10-13-5-4-8-17-15(13)16/h4-9H,10H2,1-3H3. The predicted octanol–water partition coefficient (Wildman–Crippen LogP) is 3.99. The highest BCUT2D eigenvalue weighted by atomic mass is 35.5. The van der Waals surface area contributed by atoms with Crippen molar-refractivity contribution in [1.82, 2.24) is 4.98 Å². The normalized spacial score (nSPS) is 10.4. The number of anilines is 1. The molecule has 0 aliphatic rings. The summed E-state index contributed by atoms with van der Waals surface area (Å²) in [4.78, 5) is 6.29. The van der Waals surface area contributed by atoms with Crippen LogP contribution >= 0.6 is 11.6 Å². The van der Waals surface area contributed by atoms with Crippen LogP contribution in [0.4, 0.5) is 5.69 Å². The van der Waals surface area contributed by atoms with E-state index in [0.29, 0.717) is 5.15 Å². The molecule has 0 unspecified atom stereocenters. The summed E-state index contributed by atoms with van der Waals surface area (Å²) in [6, 6.07) is 10.4. The number of nitrogens with zero attached hydrogens (tertiary/aromatic N) is 2. The lowest BCUT2D eigenvalue weighted by Gasteiger charge is -2.22. The van der Waals surface area contributed by atoms with E-state index in [0.717, 1.165) is 12.1 Å². The minimum Gasteiger partial charge on any atom is -0.370 e. The van der Waals surface area contributed by atoms with Gasteiger partial charge in [0, 0.05) is 31.0 Å². The second-order valence-corrected chi connectivity index (χ2v) is 4.96. The second-order valence-electron chi connectivity index (χ2n) is 4.60. The number of hydrogen-bond acceptors (Lipinski definition) is 2. The number of pyridine rings is 1. The molecule has 1 aromatic heterocycles. The van der Waals surface area contributed by atoms with Gasteiger partial charge in [-0.3, -0.25) is 0 Å².